The summed E-state index contributed by atoms with van der Waals surface area (Å²) >= 11 is 0. The zero-order chi connectivity index (χ0) is 35.8. The summed E-state index contributed by atoms with van der Waals surface area (Å²) < 4.78 is 6.40. The molecule has 0 N–H and O–H groups in total. The number of benzene rings is 9. The zero-order valence-corrected chi connectivity index (χ0v) is 29.6. The monoisotopic (exact) mass is 689 g/mol. The van der Waals surface area contributed by atoms with Crippen LogP contribution in [0.25, 0.3) is 77.2 Å². The maximum atomic E-state index is 6.40. The fourth-order valence-corrected chi connectivity index (χ4v) is 7.72. The van der Waals surface area contributed by atoms with E-state index in [2.05, 4.69) is 205 Å². The highest BCUT2D eigenvalue weighted by molar-refractivity contribution is 6.09. The molecule has 0 bridgehead atoms. The van der Waals surface area contributed by atoms with E-state index in [0.717, 1.165) is 50.1 Å². The molecule has 2 nitrogen and oxygen atoms in total. The van der Waals surface area contributed by atoms with Crippen LogP contribution in [0.15, 0.2) is 217 Å². The Morgan fingerprint density at radius 1 is 0.296 bits per heavy atom. The minimum absolute atomic E-state index is 0.908. The second kappa shape index (κ2) is 13.4. The van der Waals surface area contributed by atoms with Crippen molar-refractivity contribution in [3.63, 3.8) is 0 Å². The van der Waals surface area contributed by atoms with Gasteiger partial charge in [0.25, 0.3) is 0 Å². The average molecular weight is 690 g/mol. The summed E-state index contributed by atoms with van der Waals surface area (Å²) in [5, 5.41) is 4.70. The number of anilines is 3. The van der Waals surface area contributed by atoms with Crippen molar-refractivity contribution in [1.29, 1.82) is 0 Å². The Morgan fingerprint density at radius 3 is 1.44 bits per heavy atom. The third-order valence-electron chi connectivity index (χ3n) is 10.4. The number of hydrogen-bond acceptors (Lipinski definition) is 2. The molecule has 254 valence electrons. The van der Waals surface area contributed by atoms with Crippen molar-refractivity contribution >= 4 is 49.8 Å². The van der Waals surface area contributed by atoms with Gasteiger partial charge in [-0.1, -0.05) is 152 Å². The SMILES string of the molecule is c1ccc(-c2cc(-c3ccccc3)cc(-c3ccc(N(c4ccc(-c5cccc6c5oc5ccccc56)cc4)c4ccc5ccccc5c4)cc3)c2)cc1. The molecule has 2 heteroatoms. The quantitative estimate of drug-likeness (QED) is 0.166. The summed E-state index contributed by atoms with van der Waals surface area (Å²) in [4.78, 5) is 2.34. The molecule has 0 aliphatic heterocycles. The van der Waals surface area contributed by atoms with E-state index >= 15 is 0 Å². The van der Waals surface area contributed by atoms with E-state index in [9.17, 15) is 0 Å². The van der Waals surface area contributed by atoms with Gasteiger partial charge < -0.3 is 9.32 Å². The zero-order valence-electron chi connectivity index (χ0n) is 29.6. The number of fused-ring (bicyclic) bond motifs is 4. The molecule has 10 rings (SSSR count). The van der Waals surface area contributed by atoms with Gasteiger partial charge in [0.1, 0.15) is 11.2 Å². The maximum Gasteiger partial charge on any atom is 0.143 e. The van der Waals surface area contributed by atoms with Crippen LogP contribution in [0.2, 0.25) is 0 Å². The van der Waals surface area contributed by atoms with Crippen molar-refractivity contribution in [2.45, 2.75) is 0 Å². The Bertz CT molecular complexity index is 2850. The van der Waals surface area contributed by atoms with Gasteiger partial charge >= 0.3 is 0 Å². The molecule has 0 aliphatic rings. The Kier molecular flexibility index (Phi) is 7.85. The highest BCUT2D eigenvalue weighted by Gasteiger charge is 2.16. The second-order valence-corrected chi connectivity index (χ2v) is 13.8. The number of rotatable bonds is 7. The summed E-state index contributed by atoms with van der Waals surface area (Å²) in [5.74, 6) is 0. The first-order chi connectivity index (χ1) is 26.7. The molecule has 1 heterocycles. The summed E-state index contributed by atoms with van der Waals surface area (Å²) in [6, 6.07) is 75.9. The van der Waals surface area contributed by atoms with Crippen LogP contribution < -0.4 is 4.90 Å². The highest BCUT2D eigenvalue weighted by atomic mass is 16.3. The van der Waals surface area contributed by atoms with Crippen LogP contribution in [0.3, 0.4) is 0 Å². The van der Waals surface area contributed by atoms with Gasteiger partial charge in [-0.15, -0.1) is 0 Å². The lowest BCUT2D eigenvalue weighted by molar-refractivity contribution is 0.670. The van der Waals surface area contributed by atoms with Crippen molar-refractivity contribution in [2.24, 2.45) is 0 Å². The standard InChI is InChI=1S/C52H35NO/c1-3-12-36(13-4-1)42-32-43(37-14-5-2-6-15-37)34-44(33-42)39-22-27-45(28-23-39)53(47-31-24-38-16-7-8-17-41(38)35-47)46-29-25-40(26-30-46)48-19-11-20-50-49-18-9-10-21-51(49)54-52(48)50/h1-35H. The van der Waals surface area contributed by atoms with Crippen LogP contribution in [-0.2, 0) is 0 Å². The number of nitrogens with zero attached hydrogens (tertiary/aromatic N) is 1. The van der Waals surface area contributed by atoms with E-state index in [1.54, 1.807) is 0 Å². The third-order valence-corrected chi connectivity index (χ3v) is 10.4. The van der Waals surface area contributed by atoms with E-state index in [1.165, 1.54) is 44.2 Å². The van der Waals surface area contributed by atoms with Gasteiger partial charge in [-0.2, -0.15) is 0 Å². The van der Waals surface area contributed by atoms with Crippen LogP contribution in [0.4, 0.5) is 17.1 Å². The summed E-state index contributed by atoms with van der Waals surface area (Å²) in [6.45, 7) is 0. The van der Waals surface area contributed by atoms with Gasteiger partial charge in [-0.25, -0.2) is 0 Å². The minimum atomic E-state index is 0.908. The molecule has 0 radical (unpaired) electrons. The van der Waals surface area contributed by atoms with Gasteiger partial charge in [-0.05, 0) is 110 Å². The van der Waals surface area contributed by atoms with Crippen molar-refractivity contribution in [1.82, 2.24) is 0 Å². The Hall–Kier alpha value is -7.16. The van der Waals surface area contributed by atoms with Crippen LogP contribution in [0.5, 0.6) is 0 Å². The second-order valence-electron chi connectivity index (χ2n) is 13.8. The lowest BCUT2D eigenvalue weighted by Gasteiger charge is -2.26. The molecule has 0 saturated heterocycles. The Morgan fingerprint density at radius 2 is 0.796 bits per heavy atom. The van der Waals surface area contributed by atoms with Crippen molar-refractivity contribution < 1.29 is 4.42 Å². The lowest BCUT2D eigenvalue weighted by atomic mass is 9.93. The first-order valence-corrected chi connectivity index (χ1v) is 18.4. The van der Waals surface area contributed by atoms with Gasteiger partial charge in [0.05, 0.1) is 0 Å². The van der Waals surface area contributed by atoms with Crippen LogP contribution in [0, 0.1) is 0 Å². The first-order valence-electron chi connectivity index (χ1n) is 18.4. The molecule has 0 unspecified atom stereocenters. The normalized spacial score (nSPS) is 11.3. The minimum Gasteiger partial charge on any atom is -0.455 e. The molecule has 0 aliphatic carbocycles. The third kappa shape index (κ3) is 5.81. The van der Waals surface area contributed by atoms with E-state index in [1.807, 2.05) is 12.1 Å². The van der Waals surface area contributed by atoms with Crippen molar-refractivity contribution in [2.75, 3.05) is 4.90 Å². The van der Waals surface area contributed by atoms with E-state index in [0.29, 0.717) is 0 Å². The molecule has 0 spiro atoms. The van der Waals surface area contributed by atoms with E-state index < -0.39 is 0 Å². The van der Waals surface area contributed by atoms with E-state index in [4.69, 9.17) is 4.42 Å². The average Bonchev–Trinajstić information content (AvgIpc) is 3.64. The number of hydrogen-bond donors (Lipinski definition) is 0. The van der Waals surface area contributed by atoms with Crippen LogP contribution in [0.1, 0.15) is 0 Å². The molecule has 0 atom stereocenters. The Balaban J connectivity index is 1.06. The molecular formula is C52H35NO. The van der Waals surface area contributed by atoms with Crippen molar-refractivity contribution in [3.05, 3.63) is 212 Å². The molecule has 1 aromatic heterocycles. The lowest BCUT2D eigenvalue weighted by Crippen LogP contribution is -2.09. The van der Waals surface area contributed by atoms with Crippen LogP contribution in [-0.4, -0.2) is 0 Å². The molecule has 0 amide bonds. The summed E-state index contributed by atoms with van der Waals surface area (Å²) in [7, 11) is 0. The molecule has 54 heavy (non-hydrogen) atoms. The predicted octanol–water partition coefficient (Wildman–Crippen LogP) is 14.9. The first kappa shape index (κ1) is 31.6. The van der Waals surface area contributed by atoms with E-state index in [-0.39, 0.29) is 0 Å². The van der Waals surface area contributed by atoms with Gasteiger partial charge in [0.2, 0.25) is 0 Å². The largest absolute Gasteiger partial charge is 0.455 e. The summed E-state index contributed by atoms with van der Waals surface area (Å²) in [5.41, 5.74) is 14.5. The van der Waals surface area contributed by atoms with Gasteiger partial charge in [0, 0.05) is 33.4 Å². The molecular weight excluding hydrogens is 655 g/mol. The molecule has 10 aromatic rings. The molecule has 9 aromatic carbocycles. The fraction of sp³-hybridized carbons (Fsp3) is 0. The summed E-state index contributed by atoms with van der Waals surface area (Å²) in [6.07, 6.45) is 0. The van der Waals surface area contributed by atoms with Crippen LogP contribution >= 0.6 is 0 Å². The molecule has 0 fully saturated rings. The number of furan rings is 1. The predicted molar refractivity (Wildman–Crippen MR) is 228 cm³/mol. The van der Waals surface area contributed by atoms with Gasteiger partial charge in [-0.3, -0.25) is 0 Å². The highest BCUT2D eigenvalue weighted by Crippen LogP contribution is 2.41. The Labute approximate surface area is 314 Å². The van der Waals surface area contributed by atoms with Gasteiger partial charge in [0.15, 0.2) is 0 Å². The number of para-hydroxylation sites is 2. The maximum absolute atomic E-state index is 6.40. The smallest absolute Gasteiger partial charge is 0.143 e. The topological polar surface area (TPSA) is 16.4 Å². The fourth-order valence-electron chi connectivity index (χ4n) is 7.72. The molecule has 0 saturated carbocycles. The van der Waals surface area contributed by atoms with Crippen molar-refractivity contribution in [3.8, 4) is 44.5 Å².